The summed E-state index contributed by atoms with van der Waals surface area (Å²) < 4.78 is 47.6. The highest BCUT2D eigenvalue weighted by Crippen LogP contribution is 2.40. The van der Waals surface area contributed by atoms with E-state index in [4.69, 9.17) is 4.74 Å². The normalized spacial score (nSPS) is 22.0. The van der Waals surface area contributed by atoms with Gasteiger partial charge in [0, 0.05) is 43.5 Å². The van der Waals surface area contributed by atoms with Crippen molar-refractivity contribution in [2.45, 2.75) is 61.7 Å². The molecule has 14 heteroatoms. The molecule has 12 nitrogen and oxygen atoms in total. The van der Waals surface area contributed by atoms with Crippen LogP contribution in [0.5, 0.6) is 5.88 Å². The van der Waals surface area contributed by atoms with Gasteiger partial charge in [-0.2, -0.15) is 19.4 Å². The van der Waals surface area contributed by atoms with Gasteiger partial charge in [-0.3, -0.25) is 10.1 Å². The zero-order chi connectivity index (χ0) is 26.2. The van der Waals surface area contributed by atoms with Crippen molar-refractivity contribution in [2.75, 3.05) is 24.4 Å². The summed E-state index contributed by atoms with van der Waals surface area (Å²) >= 11 is 0. The highest BCUT2D eigenvalue weighted by molar-refractivity contribution is 7.89. The van der Waals surface area contributed by atoms with Crippen molar-refractivity contribution < 1.29 is 22.7 Å². The quantitative estimate of drug-likeness (QED) is 0.394. The Kier molecular flexibility index (Phi) is 6.96. The predicted molar refractivity (Wildman–Crippen MR) is 132 cm³/mol. The Bertz CT molecular complexity index is 1360. The maximum absolute atomic E-state index is 13.8. The van der Waals surface area contributed by atoms with E-state index in [0.717, 1.165) is 31.5 Å². The van der Waals surface area contributed by atoms with Gasteiger partial charge in [-0.25, -0.2) is 12.8 Å². The molecule has 2 fully saturated rings. The lowest BCUT2D eigenvalue weighted by molar-refractivity contribution is 0.109. The van der Waals surface area contributed by atoms with Gasteiger partial charge in [0.2, 0.25) is 21.9 Å². The Morgan fingerprint density at radius 2 is 1.95 bits per heavy atom. The molecular weight excluding hydrogens is 503 g/mol. The van der Waals surface area contributed by atoms with Crippen LogP contribution in [0.3, 0.4) is 0 Å². The summed E-state index contributed by atoms with van der Waals surface area (Å²) in [6.45, 7) is -0.164. The van der Waals surface area contributed by atoms with Gasteiger partial charge in [-0.1, -0.05) is 6.42 Å². The van der Waals surface area contributed by atoms with Gasteiger partial charge < -0.3 is 20.1 Å². The highest BCUT2D eigenvalue weighted by Gasteiger charge is 2.46. The maximum atomic E-state index is 13.8. The van der Waals surface area contributed by atoms with E-state index in [1.165, 1.54) is 13.3 Å². The smallest absolute Gasteiger partial charge is 0.245 e. The molecule has 0 amide bonds. The number of methoxy groups -OCH3 is 1. The number of pyridine rings is 1. The van der Waals surface area contributed by atoms with Gasteiger partial charge in [0.15, 0.2) is 5.82 Å². The van der Waals surface area contributed by atoms with Gasteiger partial charge in [-0.15, -0.1) is 0 Å². The fourth-order valence-electron chi connectivity index (χ4n) is 5.21. The lowest BCUT2D eigenvalue weighted by Gasteiger charge is -2.49. The van der Waals surface area contributed by atoms with Gasteiger partial charge >= 0.3 is 0 Å². The van der Waals surface area contributed by atoms with E-state index in [9.17, 15) is 17.9 Å². The van der Waals surface area contributed by atoms with Gasteiger partial charge in [-0.05, 0) is 31.7 Å². The van der Waals surface area contributed by atoms with E-state index < -0.39 is 15.8 Å². The average molecular weight is 533 g/mol. The predicted octanol–water partition coefficient (Wildman–Crippen LogP) is 2.19. The number of aromatic nitrogens is 5. The Hall–Kier alpha value is -3.36. The summed E-state index contributed by atoms with van der Waals surface area (Å²) in [5.41, 5.74) is 0.558. The molecule has 0 spiro atoms. The largest absolute Gasteiger partial charge is 0.481 e. The summed E-state index contributed by atoms with van der Waals surface area (Å²) in [5, 5.41) is 19.2. The van der Waals surface area contributed by atoms with Crippen LogP contribution in [0.25, 0.3) is 0 Å². The highest BCUT2D eigenvalue weighted by atomic mass is 32.2. The Morgan fingerprint density at radius 1 is 1.19 bits per heavy atom. The van der Waals surface area contributed by atoms with Crippen molar-refractivity contribution in [1.29, 1.82) is 0 Å². The van der Waals surface area contributed by atoms with E-state index >= 15 is 0 Å². The van der Waals surface area contributed by atoms with E-state index in [1.54, 1.807) is 16.4 Å². The molecular formula is C23H29FN8O4S. The second-order valence-corrected chi connectivity index (χ2v) is 11.1. The van der Waals surface area contributed by atoms with Crippen LogP contribution in [-0.4, -0.2) is 75.3 Å². The number of rotatable bonds is 8. The molecule has 37 heavy (non-hydrogen) atoms. The molecule has 198 valence electrons. The number of sulfonamides is 1. The second-order valence-electron chi connectivity index (χ2n) is 9.31. The molecule has 2 aliphatic rings. The molecule has 2 bridgehead atoms. The number of H-pyrrole nitrogens is 1. The number of aliphatic hydroxyl groups excluding tert-OH is 1. The van der Waals surface area contributed by atoms with Gasteiger partial charge in [0.1, 0.15) is 16.5 Å². The number of halogens is 1. The van der Waals surface area contributed by atoms with Crippen LogP contribution < -0.4 is 15.0 Å². The number of nitrogens with zero attached hydrogens (tertiary/aromatic N) is 6. The number of hydrogen-bond acceptors (Lipinski definition) is 10. The monoisotopic (exact) mass is 532 g/mol. The average Bonchev–Trinajstić information content (AvgIpc) is 3.34. The number of ether oxygens (including phenoxy) is 1. The van der Waals surface area contributed by atoms with E-state index in [-0.39, 0.29) is 29.6 Å². The first-order valence-corrected chi connectivity index (χ1v) is 13.4. The van der Waals surface area contributed by atoms with Crippen LogP contribution >= 0.6 is 0 Å². The zero-order valence-corrected chi connectivity index (χ0v) is 21.3. The fourth-order valence-corrected chi connectivity index (χ4v) is 7.08. The SMILES string of the molecule is COc1cc(Nc2cc(CO)[nH]n2)nc(N(C)C2C[C@H]3CCC[C@@H](C2)N3S(=O)(=O)c2cncc(F)c2)n1. The molecule has 0 radical (unpaired) electrons. The number of aliphatic hydroxyl groups is 1. The molecule has 3 N–H and O–H groups in total. The van der Waals surface area contributed by atoms with Crippen LogP contribution in [0, 0.1) is 5.82 Å². The first-order chi connectivity index (χ1) is 17.8. The van der Waals surface area contributed by atoms with Crippen molar-refractivity contribution in [3.63, 3.8) is 0 Å². The van der Waals surface area contributed by atoms with Gasteiger partial charge in [0.25, 0.3) is 0 Å². The number of nitrogens with one attached hydrogen (secondary N) is 2. The van der Waals surface area contributed by atoms with E-state index in [0.29, 0.717) is 42.0 Å². The van der Waals surface area contributed by atoms with Crippen molar-refractivity contribution in [3.8, 4) is 5.88 Å². The zero-order valence-electron chi connectivity index (χ0n) is 20.5. The van der Waals surface area contributed by atoms with E-state index in [1.807, 2.05) is 11.9 Å². The molecule has 3 aromatic heterocycles. The molecule has 5 rings (SSSR count). The second kappa shape index (κ2) is 10.2. The first-order valence-electron chi connectivity index (χ1n) is 12.0. The minimum absolute atomic E-state index is 0.0151. The third kappa shape index (κ3) is 5.08. The molecule has 2 aliphatic heterocycles. The molecule has 3 aromatic rings. The number of anilines is 3. The van der Waals surface area contributed by atoms with Crippen molar-refractivity contribution >= 4 is 27.6 Å². The molecule has 0 saturated carbocycles. The number of piperidine rings is 2. The Morgan fingerprint density at radius 3 is 2.59 bits per heavy atom. The van der Waals surface area contributed by atoms with Crippen LogP contribution in [-0.2, 0) is 16.6 Å². The molecule has 0 aliphatic carbocycles. The third-order valence-corrected chi connectivity index (χ3v) is 8.93. The standard InChI is InChI=1S/C23H29FN8O4S/c1-31(23-27-20(10-22(28-23)36-2)26-21-7-15(13-33)29-30-21)18-8-16-4-3-5-17(9-18)32(16)37(34,35)19-6-14(24)11-25-12-19/h6-7,10-12,16-18,33H,3-5,8-9,13H2,1-2H3,(H2,26,27,28,29,30)/t16-,17+,18?. The molecule has 5 heterocycles. The minimum atomic E-state index is -3.89. The van der Waals surface area contributed by atoms with Gasteiger partial charge in [0.05, 0.1) is 25.6 Å². The van der Waals surface area contributed by atoms with Crippen molar-refractivity contribution in [3.05, 3.63) is 42.1 Å². The summed E-state index contributed by atoms with van der Waals surface area (Å²) in [7, 11) is -0.482. The first kappa shape index (κ1) is 25.3. The molecule has 3 atom stereocenters. The Labute approximate surface area is 214 Å². The van der Waals surface area contributed by atoms with E-state index in [2.05, 4.69) is 30.5 Å². The molecule has 1 unspecified atom stereocenters. The summed E-state index contributed by atoms with van der Waals surface area (Å²) in [4.78, 5) is 14.7. The summed E-state index contributed by atoms with van der Waals surface area (Å²) in [6, 6.07) is 3.87. The minimum Gasteiger partial charge on any atom is -0.481 e. The Balaban J connectivity index is 1.38. The topological polar surface area (TPSA) is 149 Å². The maximum Gasteiger partial charge on any atom is 0.245 e. The lowest BCUT2D eigenvalue weighted by Crippen LogP contribution is -2.58. The number of hydrogen-bond donors (Lipinski definition) is 3. The number of aromatic amines is 1. The van der Waals surface area contributed by atoms with Crippen molar-refractivity contribution in [1.82, 2.24) is 29.5 Å². The van der Waals surface area contributed by atoms with Crippen LogP contribution in [0.1, 0.15) is 37.8 Å². The summed E-state index contributed by atoms with van der Waals surface area (Å²) in [5.74, 6) is 1.05. The summed E-state index contributed by atoms with van der Waals surface area (Å²) in [6.07, 6.45) is 5.74. The lowest BCUT2D eigenvalue weighted by atomic mass is 9.83. The van der Waals surface area contributed by atoms with Crippen molar-refractivity contribution in [2.24, 2.45) is 0 Å². The fraction of sp³-hybridized carbons (Fsp3) is 0.478. The van der Waals surface area contributed by atoms with Crippen LogP contribution in [0.4, 0.5) is 22.0 Å². The molecule has 0 aromatic carbocycles. The van der Waals surface area contributed by atoms with Crippen LogP contribution in [0.2, 0.25) is 0 Å². The molecule has 2 saturated heterocycles. The van der Waals surface area contributed by atoms with Crippen LogP contribution in [0.15, 0.2) is 35.5 Å². The third-order valence-electron chi connectivity index (χ3n) is 6.96. The number of fused-ring (bicyclic) bond motifs is 2.